The fourth-order valence-corrected chi connectivity index (χ4v) is 4.42. The molecule has 0 spiro atoms. The molecule has 1 N–H and O–H groups in total. The van der Waals surface area contributed by atoms with Crippen molar-refractivity contribution >= 4 is 29.6 Å². The standard InChI is InChI=1S/C22H30N4O3/c1-21(2)17-10-12-22(21,3)20(29)26(19(17)28)13-11-18(27)24-23-14-15-6-8-16(9-7-15)25(4)5/h6-9,14,17H,10-13H2,1-5H3,(H,24,27)/b23-14-/t17-,22+/m0/s1. The number of hydrogen-bond donors (Lipinski definition) is 1. The van der Waals surface area contributed by atoms with E-state index in [1.807, 2.05) is 64.0 Å². The van der Waals surface area contributed by atoms with E-state index in [1.165, 1.54) is 4.90 Å². The van der Waals surface area contributed by atoms with Gasteiger partial charge in [-0.2, -0.15) is 5.10 Å². The van der Waals surface area contributed by atoms with Gasteiger partial charge in [0, 0.05) is 38.7 Å². The number of likely N-dealkylation sites (tertiary alicyclic amines) is 1. The summed E-state index contributed by atoms with van der Waals surface area (Å²) in [6, 6.07) is 7.75. The van der Waals surface area contributed by atoms with Crippen LogP contribution in [-0.4, -0.2) is 49.5 Å². The first kappa shape index (κ1) is 21.0. The van der Waals surface area contributed by atoms with Gasteiger partial charge in [0.25, 0.3) is 0 Å². The van der Waals surface area contributed by atoms with Gasteiger partial charge in [-0.3, -0.25) is 19.3 Å². The third kappa shape index (κ3) is 3.66. The molecule has 7 heteroatoms. The number of piperidine rings is 1. The van der Waals surface area contributed by atoms with Crippen molar-refractivity contribution in [2.24, 2.45) is 21.8 Å². The van der Waals surface area contributed by atoms with Crippen LogP contribution in [0.25, 0.3) is 0 Å². The third-order valence-electron chi connectivity index (χ3n) is 6.88. The zero-order valence-corrected chi connectivity index (χ0v) is 17.9. The van der Waals surface area contributed by atoms with Crippen molar-refractivity contribution < 1.29 is 14.4 Å². The Labute approximate surface area is 172 Å². The second-order valence-electron chi connectivity index (χ2n) is 8.97. The smallest absolute Gasteiger partial charge is 0.241 e. The van der Waals surface area contributed by atoms with Crippen LogP contribution in [0.1, 0.15) is 45.6 Å². The lowest BCUT2D eigenvalue weighted by Gasteiger charge is -2.47. The lowest BCUT2D eigenvalue weighted by atomic mass is 9.62. The van der Waals surface area contributed by atoms with E-state index in [4.69, 9.17) is 0 Å². The summed E-state index contributed by atoms with van der Waals surface area (Å²) in [7, 11) is 3.93. The number of carbonyl (C=O) groups excluding carboxylic acids is 3. The van der Waals surface area contributed by atoms with Gasteiger partial charge in [0.1, 0.15) is 0 Å². The van der Waals surface area contributed by atoms with E-state index in [2.05, 4.69) is 10.5 Å². The molecule has 1 aliphatic heterocycles. The van der Waals surface area contributed by atoms with Crippen LogP contribution in [0.3, 0.4) is 0 Å². The van der Waals surface area contributed by atoms with Crippen molar-refractivity contribution in [3.05, 3.63) is 29.8 Å². The van der Waals surface area contributed by atoms with Gasteiger partial charge in [0.15, 0.2) is 0 Å². The number of benzene rings is 1. The highest BCUT2D eigenvalue weighted by atomic mass is 16.2. The highest BCUT2D eigenvalue weighted by molar-refractivity contribution is 6.04. The molecular formula is C22H30N4O3. The summed E-state index contributed by atoms with van der Waals surface area (Å²) in [6.07, 6.45) is 3.05. The predicted octanol–water partition coefficient (Wildman–Crippen LogP) is 2.40. The van der Waals surface area contributed by atoms with Gasteiger partial charge in [-0.1, -0.05) is 32.9 Å². The topological polar surface area (TPSA) is 82.1 Å². The van der Waals surface area contributed by atoms with Crippen molar-refractivity contribution in [1.82, 2.24) is 10.3 Å². The zero-order valence-electron chi connectivity index (χ0n) is 17.9. The predicted molar refractivity (Wildman–Crippen MR) is 112 cm³/mol. The molecule has 29 heavy (non-hydrogen) atoms. The van der Waals surface area contributed by atoms with Gasteiger partial charge in [-0.15, -0.1) is 0 Å². The number of anilines is 1. The van der Waals surface area contributed by atoms with E-state index in [9.17, 15) is 14.4 Å². The number of fused-ring (bicyclic) bond motifs is 2. The summed E-state index contributed by atoms with van der Waals surface area (Å²) in [4.78, 5) is 41.2. The minimum Gasteiger partial charge on any atom is -0.378 e. The van der Waals surface area contributed by atoms with E-state index >= 15 is 0 Å². The van der Waals surface area contributed by atoms with Gasteiger partial charge in [0.2, 0.25) is 17.7 Å². The van der Waals surface area contributed by atoms with E-state index in [0.29, 0.717) is 0 Å². The maximum absolute atomic E-state index is 13.0. The largest absolute Gasteiger partial charge is 0.378 e. The van der Waals surface area contributed by atoms with Gasteiger partial charge in [-0.05, 0) is 36.0 Å². The SMILES string of the molecule is CN(C)c1ccc(/C=N\NC(=O)CCN2C(=O)[C@@H]3CC[C@](C)(C2=O)C3(C)C)cc1. The number of amides is 3. The highest BCUT2D eigenvalue weighted by Gasteiger charge is 2.64. The summed E-state index contributed by atoms with van der Waals surface area (Å²) in [5, 5.41) is 3.97. The van der Waals surface area contributed by atoms with E-state index in [0.717, 1.165) is 24.1 Å². The highest BCUT2D eigenvalue weighted by Crippen LogP contribution is 2.59. The Bertz CT molecular complexity index is 844. The van der Waals surface area contributed by atoms with Crippen LogP contribution in [-0.2, 0) is 14.4 Å². The van der Waals surface area contributed by atoms with Crippen LogP contribution in [0.2, 0.25) is 0 Å². The molecular weight excluding hydrogens is 368 g/mol. The maximum Gasteiger partial charge on any atom is 0.241 e. The molecule has 3 amide bonds. The van der Waals surface area contributed by atoms with Crippen molar-refractivity contribution in [1.29, 1.82) is 0 Å². The van der Waals surface area contributed by atoms with Crippen LogP contribution in [0, 0.1) is 16.7 Å². The van der Waals surface area contributed by atoms with Gasteiger partial charge in [0.05, 0.1) is 11.6 Å². The Morgan fingerprint density at radius 3 is 2.52 bits per heavy atom. The molecule has 7 nitrogen and oxygen atoms in total. The molecule has 2 fully saturated rings. The summed E-state index contributed by atoms with van der Waals surface area (Å²) in [5.74, 6) is -0.781. The Morgan fingerprint density at radius 1 is 1.24 bits per heavy atom. The lowest BCUT2D eigenvalue weighted by molar-refractivity contribution is -0.167. The summed E-state index contributed by atoms with van der Waals surface area (Å²) >= 11 is 0. The minimum absolute atomic E-state index is 0.0393. The second-order valence-corrected chi connectivity index (χ2v) is 8.97. The first-order valence-electron chi connectivity index (χ1n) is 10.0. The number of hydrogen-bond acceptors (Lipinski definition) is 5. The molecule has 1 saturated carbocycles. The normalized spacial score (nSPS) is 25.6. The van der Waals surface area contributed by atoms with Crippen molar-refractivity contribution in [2.75, 3.05) is 25.5 Å². The molecule has 2 aliphatic rings. The van der Waals surface area contributed by atoms with Crippen LogP contribution in [0.15, 0.2) is 29.4 Å². The Hall–Kier alpha value is -2.70. The maximum atomic E-state index is 13.0. The summed E-state index contributed by atoms with van der Waals surface area (Å²) in [6.45, 7) is 6.05. The molecule has 156 valence electrons. The zero-order chi connectivity index (χ0) is 21.4. The average Bonchev–Trinajstić information content (AvgIpc) is 2.85. The van der Waals surface area contributed by atoms with Crippen LogP contribution in [0.5, 0.6) is 0 Å². The molecule has 3 rings (SSSR count). The number of carbonyl (C=O) groups is 3. The fourth-order valence-electron chi connectivity index (χ4n) is 4.42. The molecule has 2 atom stereocenters. The number of nitrogens with zero attached hydrogens (tertiary/aromatic N) is 3. The number of hydrazone groups is 1. The number of imide groups is 1. The first-order valence-corrected chi connectivity index (χ1v) is 10.0. The monoisotopic (exact) mass is 398 g/mol. The quantitative estimate of drug-likeness (QED) is 0.453. The summed E-state index contributed by atoms with van der Waals surface area (Å²) in [5.41, 5.74) is 3.53. The van der Waals surface area contributed by atoms with Gasteiger partial charge in [-0.25, -0.2) is 5.43 Å². The van der Waals surface area contributed by atoms with Gasteiger partial charge >= 0.3 is 0 Å². The average molecular weight is 399 g/mol. The third-order valence-corrected chi connectivity index (χ3v) is 6.88. The van der Waals surface area contributed by atoms with Crippen molar-refractivity contribution in [3.8, 4) is 0 Å². The molecule has 0 unspecified atom stereocenters. The molecule has 1 aromatic carbocycles. The molecule has 1 heterocycles. The first-order chi connectivity index (χ1) is 13.6. The van der Waals surface area contributed by atoms with Crippen LogP contribution < -0.4 is 10.3 Å². The second kappa shape index (κ2) is 7.61. The van der Waals surface area contributed by atoms with Crippen LogP contribution >= 0.6 is 0 Å². The fraction of sp³-hybridized carbons (Fsp3) is 0.545. The van der Waals surface area contributed by atoms with E-state index in [-0.39, 0.29) is 42.0 Å². The Morgan fingerprint density at radius 2 is 1.90 bits per heavy atom. The van der Waals surface area contributed by atoms with Crippen molar-refractivity contribution in [3.63, 3.8) is 0 Å². The van der Waals surface area contributed by atoms with E-state index < -0.39 is 5.41 Å². The summed E-state index contributed by atoms with van der Waals surface area (Å²) < 4.78 is 0. The molecule has 1 aliphatic carbocycles. The molecule has 1 aromatic rings. The van der Waals surface area contributed by atoms with Gasteiger partial charge < -0.3 is 4.90 Å². The molecule has 1 saturated heterocycles. The number of rotatable bonds is 6. The van der Waals surface area contributed by atoms with E-state index in [1.54, 1.807) is 6.21 Å². The molecule has 0 aromatic heterocycles. The Balaban J connectivity index is 1.54. The molecule has 0 radical (unpaired) electrons. The molecule has 2 bridgehead atoms. The van der Waals surface area contributed by atoms with Crippen LogP contribution in [0.4, 0.5) is 5.69 Å². The Kier molecular flexibility index (Phi) is 5.52. The number of nitrogens with one attached hydrogen (secondary N) is 1. The minimum atomic E-state index is -0.543. The van der Waals surface area contributed by atoms with Crippen molar-refractivity contribution in [2.45, 2.75) is 40.0 Å². The lowest BCUT2D eigenvalue weighted by Crippen LogP contribution is -2.59.